The van der Waals surface area contributed by atoms with Crippen molar-refractivity contribution in [2.45, 2.75) is 44.7 Å². The van der Waals surface area contributed by atoms with Gasteiger partial charge in [0.25, 0.3) is 0 Å². The van der Waals surface area contributed by atoms with E-state index in [-0.39, 0.29) is 35.0 Å². The number of benzene rings is 2. The van der Waals surface area contributed by atoms with Crippen LogP contribution in [0.25, 0.3) is 0 Å². The number of aryl methyl sites for hydroxylation is 1. The molecular weight excluding hydrogens is 464 g/mol. The van der Waals surface area contributed by atoms with Crippen molar-refractivity contribution in [3.8, 4) is 0 Å². The average molecular weight is 490 g/mol. The zero-order valence-electron chi connectivity index (χ0n) is 18.5. The third kappa shape index (κ3) is 4.63. The van der Waals surface area contributed by atoms with E-state index in [1.165, 1.54) is 0 Å². The van der Waals surface area contributed by atoms with Gasteiger partial charge >= 0.3 is 0 Å². The second kappa shape index (κ2) is 9.42. The molecule has 33 heavy (non-hydrogen) atoms. The van der Waals surface area contributed by atoms with Crippen LogP contribution in [0.1, 0.15) is 37.3 Å². The summed E-state index contributed by atoms with van der Waals surface area (Å²) in [7, 11) is 0. The van der Waals surface area contributed by atoms with Gasteiger partial charge in [0.1, 0.15) is 0 Å². The van der Waals surface area contributed by atoms with Crippen LogP contribution in [-0.4, -0.2) is 44.8 Å². The number of anilines is 2. The standard InChI is InChI=1S/C23H27ClN4O4S/c1-15-5-3-6-17(13-15)28(33(30)31)19-8-4-7-18(21(19)24)23(2)14-20(29)27(22(25)26-23)16-9-11-32-12-10-16/h3-8,13,16H,9-12,14H2,1-2H3,(H2,25,26)(H,30,31)/p-1/t23-/m0/s1. The summed E-state index contributed by atoms with van der Waals surface area (Å²) >= 11 is 4.15. The Balaban J connectivity index is 1.74. The van der Waals surface area contributed by atoms with Crippen molar-refractivity contribution in [1.82, 2.24) is 4.90 Å². The van der Waals surface area contributed by atoms with Crippen molar-refractivity contribution in [2.24, 2.45) is 10.7 Å². The van der Waals surface area contributed by atoms with Gasteiger partial charge in [-0.15, -0.1) is 0 Å². The van der Waals surface area contributed by atoms with Gasteiger partial charge in [-0.1, -0.05) is 35.9 Å². The fraction of sp³-hybridized carbons (Fsp3) is 0.391. The van der Waals surface area contributed by atoms with Gasteiger partial charge in [-0.05, 0) is 50.5 Å². The van der Waals surface area contributed by atoms with Crippen LogP contribution < -0.4 is 10.0 Å². The highest BCUT2D eigenvalue weighted by Crippen LogP contribution is 2.43. The van der Waals surface area contributed by atoms with E-state index in [2.05, 4.69) is 4.99 Å². The molecule has 8 nitrogen and oxygen atoms in total. The summed E-state index contributed by atoms with van der Waals surface area (Å²) in [5, 5.41) is 0.203. The normalized spacial score (nSPS) is 22.7. The quantitative estimate of drug-likeness (QED) is 0.646. The van der Waals surface area contributed by atoms with E-state index in [1.54, 1.807) is 48.2 Å². The van der Waals surface area contributed by atoms with E-state index in [4.69, 9.17) is 22.1 Å². The first-order valence-corrected chi connectivity index (χ1v) is 12.1. The van der Waals surface area contributed by atoms with Crippen molar-refractivity contribution >= 4 is 46.1 Å². The predicted octanol–water partition coefficient (Wildman–Crippen LogP) is 3.52. The Morgan fingerprint density at radius 3 is 2.61 bits per heavy atom. The number of nitrogens with zero attached hydrogens (tertiary/aromatic N) is 3. The maximum Gasteiger partial charge on any atom is 0.232 e. The van der Waals surface area contributed by atoms with Crippen LogP contribution in [-0.2, 0) is 26.3 Å². The Labute approximate surface area is 200 Å². The van der Waals surface area contributed by atoms with Gasteiger partial charge in [-0.3, -0.25) is 18.2 Å². The fourth-order valence-corrected chi connectivity index (χ4v) is 5.56. The average Bonchev–Trinajstić information content (AvgIpc) is 2.75. The third-order valence-electron chi connectivity index (χ3n) is 6.09. The van der Waals surface area contributed by atoms with Gasteiger partial charge in [-0.2, -0.15) is 0 Å². The number of ether oxygens (including phenoxy) is 1. The van der Waals surface area contributed by atoms with E-state index in [0.29, 0.717) is 37.3 Å². The second-order valence-electron chi connectivity index (χ2n) is 8.52. The third-order valence-corrected chi connectivity index (χ3v) is 7.19. The Hall–Kier alpha value is -2.46. The lowest BCUT2D eigenvalue weighted by atomic mass is 9.86. The van der Waals surface area contributed by atoms with Gasteiger partial charge < -0.3 is 15.0 Å². The van der Waals surface area contributed by atoms with Crippen LogP contribution in [0.4, 0.5) is 11.4 Å². The molecule has 2 aliphatic rings. The molecule has 1 unspecified atom stereocenters. The molecule has 0 saturated carbocycles. The van der Waals surface area contributed by atoms with Crippen LogP contribution >= 0.6 is 11.6 Å². The number of amides is 1. The highest BCUT2D eigenvalue weighted by atomic mass is 35.5. The van der Waals surface area contributed by atoms with Gasteiger partial charge in [0.2, 0.25) is 5.91 Å². The molecule has 2 aromatic carbocycles. The monoisotopic (exact) mass is 489 g/mol. The lowest BCUT2D eigenvalue weighted by Gasteiger charge is -2.41. The zero-order chi connectivity index (χ0) is 23.8. The second-order valence-corrected chi connectivity index (χ2v) is 9.69. The maximum atomic E-state index is 13.2. The Kier molecular flexibility index (Phi) is 6.76. The minimum atomic E-state index is -2.62. The van der Waals surface area contributed by atoms with Crippen molar-refractivity contribution in [3.63, 3.8) is 0 Å². The molecule has 2 heterocycles. The molecule has 1 fully saturated rings. The van der Waals surface area contributed by atoms with Gasteiger partial charge in [-0.25, -0.2) is 4.99 Å². The van der Waals surface area contributed by atoms with E-state index < -0.39 is 16.8 Å². The van der Waals surface area contributed by atoms with Crippen molar-refractivity contribution < 1.29 is 18.3 Å². The molecule has 0 bridgehead atoms. The minimum Gasteiger partial charge on any atom is -0.755 e. The SMILES string of the molecule is Cc1cccc(N(c2cccc([C@]3(C)CC(=O)N(C4CCOCC4)C(N)=N3)c2Cl)S(=O)[O-])c1. The fourth-order valence-electron chi connectivity index (χ4n) is 4.50. The lowest BCUT2D eigenvalue weighted by molar-refractivity contribution is -0.132. The highest BCUT2D eigenvalue weighted by molar-refractivity contribution is 7.81. The van der Waals surface area contributed by atoms with Crippen molar-refractivity contribution in [2.75, 3.05) is 17.5 Å². The molecule has 2 aliphatic heterocycles. The van der Waals surface area contributed by atoms with Crippen LogP contribution in [0.15, 0.2) is 47.5 Å². The minimum absolute atomic E-state index is 0.0407. The van der Waals surface area contributed by atoms with E-state index in [1.807, 2.05) is 13.0 Å². The van der Waals surface area contributed by atoms with Crippen LogP contribution in [0.3, 0.4) is 0 Å². The summed E-state index contributed by atoms with van der Waals surface area (Å²) in [5.74, 6) is 0.00590. The van der Waals surface area contributed by atoms with Crippen LogP contribution in [0.2, 0.25) is 5.02 Å². The molecular formula is C23H26ClN4O4S-. The lowest BCUT2D eigenvalue weighted by Crippen LogP contribution is -2.55. The molecule has 2 aromatic rings. The van der Waals surface area contributed by atoms with Gasteiger partial charge in [0.05, 0.1) is 39.6 Å². The molecule has 0 spiro atoms. The van der Waals surface area contributed by atoms with E-state index in [0.717, 1.165) is 9.87 Å². The summed E-state index contributed by atoms with van der Waals surface area (Å²) in [6, 6.07) is 12.1. The summed E-state index contributed by atoms with van der Waals surface area (Å²) in [6.07, 6.45) is 1.48. The Morgan fingerprint density at radius 1 is 1.27 bits per heavy atom. The topological polar surface area (TPSA) is 111 Å². The number of hydrogen-bond donors (Lipinski definition) is 1. The summed E-state index contributed by atoms with van der Waals surface area (Å²) in [5.41, 5.74) is 7.43. The molecule has 10 heteroatoms. The van der Waals surface area contributed by atoms with E-state index in [9.17, 15) is 13.6 Å². The maximum absolute atomic E-state index is 13.2. The first-order chi connectivity index (χ1) is 15.7. The summed E-state index contributed by atoms with van der Waals surface area (Å²) in [6.45, 7) is 4.82. The first kappa shape index (κ1) is 23.7. The number of hydrogen-bond acceptors (Lipinski definition) is 6. The molecule has 2 N–H and O–H groups in total. The van der Waals surface area contributed by atoms with Crippen LogP contribution in [0.5, 0.6) is 0 Å². The van der Waals surface area contributed by atoms with E-state index >= 15 is 0 Å². The number of guanidine groups is 1. The molecule has 176 valence electrons. The number of aliphatic imine (C=N–C) groups is 1. The number of carbonyl (C=O) groups excluding carboxylic acids is 1. The van der Waals surface area contributed by atoms with Crippen LogP contribution in [0, 0.1) is 6.92 Å². The first-order valence-electron chi connectivity index (χ1n) is 10.7. The molecule has 0 radical (unpaired) electrons. The number of rotatable bonds is 5. The smallest absolute Gasteiger partial charge is 0.232 e. The largest absolute Gasteiger partial charge is 0.755 e. The number of carbonyl (C=O) groups is 1. The Bertz CT molecular complexity index is 1120. The number of nitrogens with two attached hydrogens (primary N) is 1. The molecule has 0 aliphatic carbocycles. The molecule has 4 rings (SSSR count). The molecule has 0 aromatic heterocycles. The molecule has 1 amide bonds. The zero-order valence-corrected chi connectivity index (χ0v) is 20.1. The summed E-state index contributed by atoms with van der Waals surface area (Å²) in [4.78, 5) is 19.4. The van der Waals surface area contributed by atoms with Crippen molar-refractivity contribution in [1.29, 1.82) is 0 Å². The molecule has 1 saturated heterocycles. The summed E-state index contributed by atoms with van der Waals surface area (Å²) < 4.78 is 30.9. The predicted molar refractivity (Wildman–Crippen MR) is 128 cm³/mol. The Morgan fingerprint density at radius 2 is 1.97 bits per heavy atom. The van der Waals surface area contributed by atoms with Gasteiger partial charge in [0, 0.05) is 24.8 Å². The molecule has 2 atom stereocenters. The highest BCUT2D eigenvalue weighted by Gasteiger charge is 2.42. The number of halogens is 1. The van der Waals surface area contributed by atoms with Gasteiger partial charge in [0.15, 0.2) is 5.96 Å². The van der Waals surface area contributed by atoms with Crippen molar-refractivity contribution in [3.05, 3.63) is 58.6 Å².